The first kappa shape index (κ1) is 20.9. The van der Waals surface area contributed by atoms with Gasteiger partial charge in [0.2, 0.25) is 0 Å². The molecular formula is C25H35NOSi. The summed E-state index contributed by atoms with van der Waals surface area (Å²) in [7, 11) is 0.516. The number of methoxy groups -OCH3 is 1. The van der Waals surface area contributed by atoms with Gasteiger partial charge in [-0.3, -0.25) is 4.90 Å². The molecule has 28 heavy (non-hydrogen) atoms. The van der Waals surface area contributed by atoms with E-state index in [1.54, 1.807) is 12.7 Å². The molecule has 0 saturated carbocycles. The van der Waals surface area contributed by atoms with Crippen molar-refractivity contribution in [3.05, 3.63) is 77.0 Å². The number of rotatable bonds is 6. The van der Waals surface area contributed by atoms with Crippen molar-refractivity contribution < 1.29 is 4.74 Å². The molecule has 0 bridgehead atoms. The standard InChI is InChI=1S/C25H35NOSi/c1-20-23(19-28(3,4)5)15-16-26(18-22-9-7-6-8-10-22)25(20)17-21-11-13-24(27-2)14-12-21/h6-14,19-20,25H,15-18H2,1-5H3/b23-19+/t20-,25+/m0/s1. The first-order valence-electron chi connectivity index (χ1n) is 10.5. The first-order valence-corrected chi connectivity index (χ1v) is 14.1. The fourth-order valence-electron chi connectivity index (χ4n) is 4.31. The molecule has 1 saturated heterocycles. The van der Waals surface area contributed by atoms with Crippen molar-refractivity contribution in [3.63, 3.8) is 0 Å². The molecule has 2 aromatic carbocycles. The van der Waals surface area contributed by atoms with E-state index in [2.05, 4.69) is 91.8 Å². The van der Waals surface area contributed by atoms with Crippen LogP contribution in [0.25, 0.3) is 0 Å². The van der Waals surface area contributed by atoms with Crippen LogP contribution < -0.4 is 4.74 Å². The zero-order valence-electron chi connectivity index (χ0n) is 18.1. The van der Waals surface area contributed by atoms with E-state index in [0.717, 1.165) is 25.3 Å². The van der Waals surface area contributed by atoms with Gasteiger partial charge in [-0.05, 0) is 42.0 Å². The van der Waals surface area contributed by atoms with Crippen LogP contribution in [0.15, 0.2) is 65.9 Å². The largest absolute Gasteiger partial charge is 0.497 e. The summed E-state index contributed by atoms with van der Waals surface area (Å²) in [5.74, 6) is 1.52. The Labute approximate surface area is 172 Å². The van der Waals surface area contributed by atoms with E-state index in [1.165, 1.54) is 17.5 Å². The van der Waals surface area contributed by atoms with Crippen molar-refractivity contribution in [2.45, 2.75) is 52.0 Å². The average molecular weight is 394 g/mol. The van der Waals surface area contributed by atoms with Gasteiger partial charge in [-0.15, -0.1) is 0 Å². The van der Waals surface area contributed by atoms with E-state index in [4.69, 9.17) is 4.74 Å². The summed E-state index contributed by atoms with van der Waals surface area (Å²) in [6.07, 6.45) is 2.29. The highest BCUT2D eigenvalue weighted by Crippen LogP contribution is 2.33. The maximum atomic E-state index is 5.34. The molecule has 1 aliphatic heterocycles. The van der Waals surface area contributed by atoms with Gasteiger partial charge in [-0.2, -0.15) is 0 Å². The molecule has 2 nitrogen and oxygen atoms in total. The Hall–Kier alpha value is -1.84. The highest BCUT2D eigenvalue weighted by molar-refractivity contribution is 6.81. The van der Waals surface area contributed by atoms with Crippen molar-refractivity contribution in [1.29, 1.82) is 0 Å². The van der Waals surface area contributed by atoms with E-state index in [1.807, 2.05) is 0 Å². The Morgan fingerprint density at radius 3 is 2.29 bits per heavy atom. The third-order valence-corrected chi connectivity index (χ3v) is 7.01. The number of hydrogen-bond acceptors (Lipinski definition) is 2. The summed E-state index contributed by atoms with van der Waals surface area (Å²) in [4.78, 5) is 2.70. The Morgan fingerprint density at radius 1 is 1.00 bits per heavy atom. The monoisotopic (exact) mass is 393 g/mol. The molecule has 3 rings (SSSR count). The average Bonchev–Trinajstić information content (AvgIpc) is 2.67. The quantitative estimate of drug-likeness (QED) is 0.562. The second kappa shape index (κ2) is 9.10. The third-order valence-electron chi connectivity index (χ3n) is 5.77. The zero-order chi connectivity index (χ0) is 20.1. The van der Waals surface area contributed by atoms with Crippen LogP contribution in [0.2, 0.25) is 19.6 Å². The van der Waals surface area contributed by atoms with E-state index in [-0.39, 0.29) is 0 Å². The summed E-state index contributed by atoms with van der Waals surface area (Å²) in [6.45, 7) is 12.0. The normalized spacial score (nSPS) is 22.4. The van der Waals surface area contributed by atoms with Crippen LogP contribution in [0.4, 0.5) is 0 Å². The van der Waals surface area contributed by atoms with Crippen LogP contribution in [0.5, 0.6) is 5.75 Å². The Morgan fingerprint density at radius 2 is 1.68 bits per heavy atom. The smallest absolute Gasteiger partial charge is 0.118 e. The second-order valence-corrected chi connectivity index (χ2v) is 14.2. The number of hydrogen-bond donors (Lipinski definition) is 0. The van der Waals surface area contributed by atoms with Crippen molar-refractivity contribution in [1.82, 2.24) is 4.90 Å². The molecule has 1 heterocycles. The van der Waals surface area contributed by atoms with E-state index >= 15 is 0 Å². The fraction of sp³-hybridized carbons (Fsp3) is 0.440. The number of benzene rings is 2. The van der Waals surface area contributed by atoms with E-state index in [9.17, 15) is 0 Å². The predicted octanol–water partition coefficient (Wildman–Crippen LogP) is 5.95. The van der Waals surface area contributed by atoms with Crippen LogP contribution in [-0.4, -0.2) is 32.7 Å². The molecule has 0 aromatic heterocycles. The highest BCUT2D eigenvalue weighted by atomic mass is 28.3. The predicted molar refractivity (Wildman–Crippen MR) is 123 cm³/mol. The van der Waals surface area contributed by atoms with Gasteiger partial charge in [0.15, 0.2) is 0 Å². The lowest BCUT2D eigenvalue weighted by atomic mass is 9.83. The van der Waals surface area contributed by atoms with Gasteiger partial charge in [0, 0.05) is 19.1 Å². The van der Waals surface area contributed by atoms with Gasteiger partial charge >= 0.3 is 0 Å². The number of ether oxygens (including phenoxy) is 1. The number of likely N-dealkylation sites (tertiary alicyclic amines) is 1. The Kier molecular flexibility index (Phi) is 6.79. The molecule has 1 fully saturated rings. The van der Waals surface area contributed by atoms with Crippen molar-refractivity contribution in [3.8, 4) is 5.75 Å². The minimum atomic E-state index is -1.21. The van der Waals surface area contributed by atoms with Gasteiger partial charge in [-0.25, -0.2) is 0 Å². The van der Waals surface area contributed by atoms with Gasteiger partial charge < -0.3 is 4.74 Å². The third kappa shape index (κ3) is 5.59. The molecule has 0 N–H and O–H groups in total. The molecular weight excluding hydrogens is 358 g/mol. The van der Waals surface area contributed by atoms with E-state index < -0.39 is 8.07 Å². The molecule has 2 atom stereocenters. The molecule has 0 spiro atoms. The Bertz CT molecular complexity index is 776. The maximum absolute atomic E-state index is 5.34. The van der Waals surface area contributed by atoms with Crippen LogP contribution >= 0.6 is 0 Å². The molecule has 1 aliphatic rings. The topological polar surface area (TPSA) is 12.5 Å². The molecule has 0 aliphatic carbocycles. The van der Waals surface area contributed by atoms with Crippen molar-refractivity contribution >= 4 is 8.07 Å². The lowest BCUT2D eigenvalue weighted by molar-refractivity contribution is 0.125. The summed E-state index contributed by atoms with van der Waals surface area (Å²) >= 11 is 0. The molecule has 0 radical (unpaired) electrons. The van der Waals surface area contributed by atoms with Gasteiger partial charge in [-0.1, -0.05) is 80.3 Å². The summed E-state index contributed by atoms with van der Waals surface area (Å²) in [5.41, 5.74) is 7.14. The molecule has 3 heteroatoms. The Balaban J connectivity index is 1.84. The van der Waals surface area contributed by atoms with Crippen LogP contribution in [-0.2, 0) is 13.0 Å². The van der Waals surface area contributed by atoms with Gasteiger partial charge in [0.1, 0.15) is 5.75 Å². The first-order chi connectivity index (χ1) is 13.4. The lowest BCUT2D eigenvalue weighted by Crippen LogP contribution is -2.46. The molecule has 2 aromatic rings. The zero-order valence-corrected chi connectivity index (χ0v) is 19.1. The lowest BCUT2D eigenvalue weighted by Gasteiger charge is -2.42. The van der Waals surface area contributed by atoms with Gasteiger partial charge in [0.25, 0.3) is 0 Å². The van der Waals surface area contributed by atoms with Crippen molar-refractivity contribution in [2.24, 2.45) is 5.92 Å². The number of piperidine rings is 1. The SMILES string of the molecule is COc1ccc(C[C@@H]2[C@@H](C)/C(=C/[Si](C)(C)C)CCN2Cc2ccccc2)cc1. The summed E-state index contributed by atoms with van der Waals surface area (Å²) in [6, 6.07) is 20.1. The maximum Gasteiger partial charge on any atom is 0.118 e. The van der Waals surface area contributed by atoms with Crippen molar-refractivity contribution in [2.75, 3.05) is 13.7 Å². The molecule has 0 unspecified atom stereocenters. The molecule has 0 amide bonds. The summed E-state index contributed by atoms with van der Waals surface area (Å²) in [5, 5.41) is 0. The molecule has 150 valence electrons. The number of nitrogens with zero attached hydrogens (tertiary/aromatic N) is 1. The minimum Gasteiger partial charge on any atom is -0.497 e. The summed E-state index contributed by atoms with van der Waals surface area (Å²) < 4.78 is 5.34. The van der Waals surface area contributed by atoms with E-state index in [0.29, 0.717) is 12.0 Å². The van der Waals surface area contributed by atoms with Crippen LogP contribution in [0.3, 0.4) is 0 Å². The highest BCUT2D eigenvalue weighted by Gasteiger charge is 2.32. The van der Waals surface area contributed by atoms with Crippen LogP contribution in [0.1, 0.15) is 24.5 Å². The van der Waals surface area contributed by atoms with Gasteiger partial charge in [0.05, 0.1) is 15.2 Å². The fourth-order valence-corrected chi connectivity index (χ4v) is 5.83. The second-order valence-electron chi connectivity index (χ2n) is 9.20. The minimum absolute atomic E-state index is 0.532. The van der Waals surface area contributed by atoms with Crippen LogP contribution in [0, 0.1) is 5.92 Å².